The Morgan fingerprint density at radius 1 is 0.667 bits per heavy atom. The van der Waals surface area contributed by atoms with Crippen LogP contribution in [0.5, 0.6) is 28.7 Å². The standard InChI is InChI=1S/C30H24O6/c31-20-12-10-18(11-13-20)30-26(28(34)27-23(33)15-21(32)16-25(27)36-30)22-14-19-8-4-5-9-24(19)35-29(22)17-6-2-1-3-7-17/h1-13,15-16,22,26,29-33H,14H2/t22-,26-,29-,30+/m1/s1. The molecule has 3 N–H and O–H groups in total. The van der Waals surface area contributed by atoms with Gasteiger partial charge in [0.1, 0.15) is 46.5 Å². The van der Waals surface area contributed by atoms with E-state index < -0.39 is 18.1 Å². The molecule has 4 aromatic carbocycles. The fraction of sp³-hybridized carbons (Fsp3) is 0.167. The van der Waals surface area contributed by atoms with Crippen molar-refractivity contribution in [3.05, 3.63) is 113 Å². The average Bonchev–Trinajstić information content (AvgIpc) is 2.88. The van der Waals surface area contributed by atoms with Crippen molar-refractivity contribution in [1.82, 2.24) is 0 Å². The Morgan fingerprint density at radius 3 is 2.11 bits per heavy atom. The molecule has 0 aliphatic carbocycles. The molecule has 180 valence electrons. The van der Waals surface area contributed by atoms with Crippen LogP contribution in [-0.4, -0.2) is 21.1 Å². The molecule has 6 heteroatoms. The summed E-state index contributed by atoms with van der Waals surface area (Å²) in [7, 11) is 0. The minimum Gasteiger partial charge on any atom is -0.508 e. The highest BCUT2D eigenvalue weighted by Gasteiger charge is 2.49. The minimum absolute atomic E-state index is 0.0542. The molecule has 0 spiro atoms. The van der Waals surface area contributed by atoms with E-state index in [4.69, 9.17) is 9.47 Å². The lowest BCUT2D eigenvalue weighted by Crippen LogP contribution is -2.42. The van der Waals surface area contributed by atoms with Crippen LogP contribution in [0, 0.1) is 11.8 Å². The molecule has 2 aliphatic heterocycles. The average molecular weight is 481 g/mol. The molecule has 4 aromatic rings. The third-order valence-electron chi connectivity index (χ3n) is 7.08. The monoisotopic (exact) mass is 480 g/mol. The first-order chi connectivity index (χ1) is 17.5. The van der Waals surface area contributed by atoms with Crippen molar-refractivity contribution in [3.63, 3.8) is 0 Å². The van der Waals surface area contributed by atoms with Gasteiger partial charge in [-0.25, -0.2) is 0 Å². The highest BCUT2D eigenvalue weighted by atomic mass is 16.5. The van der Waals surface area contributed by atoms with Crippen molar-refractivity contribution < 1.29 is 29.6 Å². The molecule has 6 nitrogen and oxygen atoms in total. The summed E-state index contributed by atoms with van der Waals surface area (Å²) in [5, 5.41) is 30.5. The second kappa shape index (κ2) is 8.64. The van der Waals surface area contributed by atoms with Crippen LogP contribution >= 0.6 is 0 Å². The topological polar surface area (TPSA) is 96.2 Å². The van der Waals surface area contributed by atoms with E-state index in [0.29, 0.717) is 12.0 Å². The Balaban J connectivity index is 1.53. The predicted octanol–water partition coefficient (Wildman–Crippen LogP) is 5.73. The van der Waals surface area contributed by atoms with E-state index in [1.54, 1.807) is 24.3 Å². The van der Waals surface area contributed by atoms with E-state index >= 15 is 0 Å². The number of hydrogen-bond donors (Lipinski definition) is 3. The zero-order valence-electron chi connectivity index (χ0n) is 19.2. The van der Waals surface area contributed by atoms with Gasteiger partial charge in [-0.3, -0.25) is 4.79 Å². The normalized spacial score (nSPS) is 22.6. The van der Waals surface area contributed by atoms with E-state index in [9.17, 15) is 20.1 Å². The van der Waals surface area contributed by atoms with Crippen LogP contribution in [0.1, 0.15) is 39.3 Å². The largest absolute Gasteiger partial charge is 0.508 e. The fourth-order valence-electron chi connectivity index (χ4n) is 5.45. The van der Waals surface area contributed by atoms with Crippen LogP contribution in [0.4, 0.5) is 0 Å². The zero-order chi connectivity index (χ0) is 24.8. The van der Waals surface area contributed by atoms with Crippen molar-refractivity contribution in [1.29, 1.82) is 0 Å². The summed E-state index contributed by atoms with van der Waals surface area (Å²) in [4.78, 5) is 14.2. The lowest BCUT2D eigenvalue weighted by atomic mass is 9.70. The minimum atomic E-state index is -0.725. The Morgan fingerprint density at radius 2 is 1.33 bits per heavy atom. The van der Waals surface area contributed by atoms with Crippen molar-refractivity contribution in [2.75, 3.05) is 0 Å². The number of aromatic hydroxyl groups is 3. The molecular formula is C30H24O6. The predicted molar refractivity (Wildman–Crippen MR) is 133 cm³/mol. The molecule has 0 bridgehead atoms. The van der Waals surface area contributed by atoms with E-state index in [-0.39, 0.29) is 40.3 Å². The number of ketones is 1. The van der Waals surface area contributed by atoms with Crippen molar-refractivity contribution in [2.45, 2.75) is 18.6 Å². The van der Waals surface area contributed by atoms with Gasteiger partial charge in [-0.2, -0.15) is 0 Å². The van der Waals surface area contributed by atoms with Gasteiger partial charge >= 0.3 is 0 Å². The van der Waals surface area contributed by atoms with Gasteiger partial charge in [-0.15, -0.1) is 0 Å². The first kappa shape index (κ1) is 22.0. The van der Waals surface area contributed by atoms with Gasteiger partial charge in [-0.1, -0.05) is 60.7 Å². The molecule has 0 fully saturated rings. The molecule has 0 amide bonds. The SMILES string of the molecule is O=C1c2c(O)cc(O)cc2O[C@@H](c2ccc(O)cc2)[C@@H]1[C@H]1Cc2ccccc2O[C@@H]1c1ccccc1. The summed E-state index contributed by atoms with van der Waals surface area (Å²) < 4.78 is 12.9. The molecule has 36 heavy (non-hydrogen) atoms. The number of phenolic OH excluding ortho intramolecular Hbond substituents is 3. The van der Waals surface area contributed by atoms with Gasteiger partial charge in [0, 0.05) is 18.1 Å². The number of carbonyl (C=O) groups excluding carboxylic acids is 1. The maximum absolute atomic E-state index is 14.2. The molecule has 0 radical (unpaired) electrons. The Hall–Kier alpha value is -4.45. The van der Waals surface area contributed by atoms with E-state index in [0.717, 1.165) is 22.9 Å². The molecule has 4 atom stereocenters. The summed E-state index contributed by atoms with van der Waals surface area (Å²) in [6, 6.07) is 26.6. The summed E-state index contributed by atoms with van der Waals surface area (Å²) in [5.74, 6) is -0.824. The van der Waals surface area contributed by atoms with Crippen LogP contribution < -0.4 is 9.47 Å². The van der Waals surface area contributed by atoms with Crippen LogP contribution in [-0.2, 0) is 6.42 Å². The molecule has 0 saturated carbocycles. The number of hydrogen-bond acceptors (Lipinski definition) is 6. The number of para-hydroxylation sites is 1. The fourth-order valence-corrected chi connectivity index (χ4v) is 5.45. The summed E-state index contributed by atoms with van der Waals surface area (Å²) in [5.41, 5.74) is 2.69. The summed E-state index contributed by atoms with van der Waals surface area (Å²) in [6.07, 6.45) is -0.589. The van der Waals surface area contributed by atoms with Gasteiger partial charge in [0.05, 0.1) is 5.92 Å². The number of ether oxygens (including phenoxy) is 2. The number of phenols is 3. The molecular weight excluding hydrogens is 456 g/mol. The van der Waals surface area contributed by atoms with Crippen LogP contribution in [0.15, 0.2) is 91.0 Å². The van der Waals surface area contributed by atoms with Crippen LogP contribution in [0.2, 0.25) is 0 Å². The van der Waals surface area contributed by atoms with E-state index in [2.05, 4.69) is 0 Å². The number of carbonyl (C=O) groups is 1. The first-order valence-electron chi connectivity index (χ1n) is 11.8. The van der Waals surface area contributed by atoms with Crippen LogP contribution in [0.3, 0.4) is 0 Å². The number of rotatable bonds is 3. The van der Waals surface area contributed by atoms with Gasteiger partial charge < -0.3 is 24.8 Å². The van der Waals surface area contributed by atoms with Gasteiger partial charge in [-0.05, 0) is 41.3 Å². The van der Waals surface area contributed by atoms with Crippen molar-refractivity contribution in [3.8, 4) is 28.7 Å². The Labute approximate surface area is 208 Å². The van der Waals surface area contributed by atoms with Gasteiger partial charge in [0.2, 0.25) is 0 Å². The molecule has 0 aromatic heterocycles. The molecule has 2 aliphatic rings. The number of fused-ring (bicyclic) bond motifs is 2. The van der Waals surface area contributed by atoms with Gasteiger partial charge in [0.25, 0.3) is 0 Å². The maximum Gasteiger partial charge on any atom is 0.177 e. The molecule has 6 rings (SSSR count). The number of Topliss-reactive ketones (excluding diaryl/α,β-unsaturated/α-hetero) is 1. The Kier molecular flexibility index (Phi) is 5.29. The maximum atomic E-state index is 14.2. The third kappa shape index (κ3) is 3.71. The highest BCUT2D eigenvalue weighted by molar-refractivity contribution is 6.04. The summed E-state index contributed by atoms with van der Waals surface area (Å²) >= 11 is 0. The van der Waals surface area contributed by atoms with Gasteiger partial charge in [0.15, 0.2) is 5.78 Å². The first-order valence-corrected chi connectivity index (χ1v) is 11.8. The van der Waals surface area contributed by atoms with Crippen molar-refractivity contribution >= 4 is 5.78 Å². The zero-order valence-corrected chi connectivity index (χ0v) is 19.2. The lowest BCUT2D eigenvalue weighted by Gasteiger charge is -2.43. The molecule has 0 unspecified atom stereocenters. The summed E-state index contributed by atoms with van der Waals surface area (Å²) in [6.45, 7) is 0. The Bertz CT molecular complexity index is 1430. The van der Waals surface area contributed by atoms with Crippen LogP contribution in [0.25, 0.3) is 0 Å². The number of benzene rings is 4. The quantitative estimate of drug-likeness (QED) is 0.347. The highest BCUT2D eigenvalue weighted by Crippen LogP contribution is 2.52. The molecule has 2 heterocycles. The third-order valence-corrected chi connectivity index (χ3v) is 7.08. The van der Waals surface area contributed by atoms with E-state index in [1.165, 1.54) is 6.07 Å². The molecule has 0 saturated heterocycles. The second-order valence-corrected chi connectivity index (χ2v) is 9.28. The van der Waals surface area contributed by atoms with E-state index in [1.807, 2.05) is 54.6 Å². The second-order valence-electron chi connectivity index (χ2n) is 9.28. The smallest absolute Gasteiger partial charge is 0.177 e. The lowest BCUT2D eigenvalue weighted by molar-refractivity contribution is 0.0109. The van der Waals surface area contributed by atoms with Crippen molar-refractivity contribution in [2.24, 2.45) is 11.8 Å².